The largest absolute Gasteiger partial charge is 0.294 e. The first kappa shape index (κ1) is 20.8. The highest BCUT2D eigenvalue weighted by molar-refractivity contribution is 5.97. The van der Waals surface area contributed by atoms with Gasteiger partial charge >= 0.3 is 0 Å². The molecule has 1 fully saturated rings. The lowest BCUT2D eigenvalue weighted by molar-refractivity contribution is 0.0993. The van der Waals surface area contributed by atoms with Crippen molar-refractivity contribution in [3.05, 3.63) is 70.8 Å². The molecule has 1 aliphatic carbocycles. The first-order valence-electron chi connectivity index (χ1n) is 11.4. The van der Waals surface area contributed by atoms with Gasteiger partial charge in [-0.25, -0.2) is 0 Å². The van der Waals surface area contributed by atoms with Crippen LogP contribution in [0.4, 0.5) is 0 Å². The quantitative estimate of drug-likeness (QED) is 0.326. The van der Waals surface area contributed by atoms with Gasteiger partial charge in [0.1, 0.15) is 0 Å². The third-order valence-electron chi connectivity index (χ3n) is 6.56. The molecule has 0 aromatic heterocycles. The summed E-state index contributed by atoms with van der Waals surface area (Å²) < 4.78 is 0. The Kier molecular flexibility index (Phi) is 7.89. The number of hydrogen-bond acceptors (Lipinski definition) is 1. The van der Waals surface area contributed by atoms with Gasteiger partial charge in [-0.2, -0.15) is 0 Å². The standard InChI is InChI=1S/C27H36O/c1-3-5-6-7-22-12-14-24(15-13-22)25-16-18-26(19-17-25)27(28)20-23-10-8-21(4-2)9-11-23/h8-11,16-19,22,24H,3-7,12-15,20H2,1-2H3. The number of unbranched alkanes of at least 4 members (excludes halogenated alkanes) is 2. The molecule has 3 rings (SSSR count). The van der Waals surface area contributed by atoms with E-state index < -0.39 is 0 Å². The van der Waals surface area contributed by atoms with Crippen molar-refractivity contribution in [2.45, 2.75) is 84.0 Å². The molecule has 0 saturated heterocycles. The van der Waals surface area contributed by atoms with Gasteiger partial charge in [-0.05, 0) is 60.6 Å². The molecule has 150 valence electrons. The Morgan fingerprint density at radius 1 is 0.821 bits per heavy atom. The summed E-state index contributed by atoms with van der Waals surface area (Å²) in [5, 5.41) is 0. The minimum atomic E-state index is 0.218. The first-order valence-corrected chi connectivity index (χ1v) is 11.4. The Morgan fingerprint density at radius 2 is 1.46 bits per heavy atom. The maximum Gasteiger partial charge on any atom is 0.167 e. The summed E-state index contributed by atoms with van der Waals surface area (Å²) >= 11 is 0. The van der Waals surface area contributed by atoms with Gasteiger partial charge in [-0.1, -0.05) is 88.1 Å². The molecule has 1 saturated carbocycles. The number of benzene rings is 2. The number of hydrogen-bond donors (Lipinski definition) is 0. The molecule has 2 aromatic rings. The van der Waals surface area contributed by atoms with Gasteiger partial charge in [0.25, 0.3) is 0 Å². The highest BCUT2D eigenvalue weighted by atomic mass is 16.1. The zero-order valence-electron chi connectivity index (χ0n) is 17.8. The molecule has 1 heteroatoms. The molecule has 2 aromatic carbocycles. The summed E-state index contributed by atoms with van der Waals surface area (Å²) in [6.45, 7) is 4.44. The van der Waals surface area contributed by atoms with Crippen LogP contribution in [-0.2, 0) is 12.8 Å². The summed E-state index contributed by atoms with van der Waals surface area (Å²) in [6.07, 6.45) is 12.5. The van der Waals surface area contributed by atoms with Crippen molar-refractivity contribution in [3.63, 3.8) is 0 Å². The first-order chi connectivity index (χ1) is 13.7. The summed E-state index contributed by atoms with van der Waals surface area (Å²) in [6, 6.07) is 16.9. The molecule has 0 heterocycles. The zero-order valence-corrected chi connectivity index (χ0v) is 17.8. The van der Waals surface area contributed by atoms with Gasteiger partial charge in [-0.3, -0.25) is 4.79 Å². The van der Waals surface area contributed by atoms with E-state index >= 15 is 0 Å². The third-order valence-corrected chi connectivity index (χ3v) is 6.56. The lowest BCUT2D eigenvalue weighted by Crippen LogP contribution is -2.13. The molecule has 0 radical (unpaired) electrons. The molecule has 0 N–H and O–H groups in total. The fraction of sp³-hybridized carbons (Fsp3) is 0.519. The van der Waals surface area contributed by atoms with Crippen LogP contribution in [0.3, 0.4) is 0 Å². The molecular formula is C27H36O. The van der Waals surface area contributed by atoms with E-state index in [0.717, 1.165) is 23.5 Å². The van der Waals surface area contributed by atoms with E-state index in [0.29, 0.717) is 12.3 Å². The van der Waals surface area contributed by atoms with Crippen molar-refractivity contribution in [2.24, 2.45) is 5.92 Å². The van der Waals surface area contributed by atoms with E-state index in [1.807, 2.05) is 12.1 Å². The number of carbonyl (C=O) groups excluding carboxylic acids is 1. The average molecular weight is 377 g/mol. The minimum absolute atomic E-state index is 0.218. The molecule has 1 nitrogen and oxygen atoms in total. The van der Waals surface area contributed by atoms with Crippen molar-refractivity contribution in [2.75, 3.05) is 0 Å². The van der Waals surface area contributed by atoms with Crippen LogP contribution in [0, 0.1) is 5.92 Å². The van der Waals surface area contributed by atoms with Gasteiger partial charge in [0.05, 0.1) is 0 Å². The number of Topliss-reactive ketones (excluding diaryl/α,β-unsaturated/α-hetero) is 1. The molecule has 28 heavy (non-hydrogen) atoms. The van der Waals surface area contributed by atoms with E-state index in [4.69, 9.17) is 0 Å². The second-order valence-corrected chi connectivity index (χ2v) is 8.61. The van der Waals surface area contributed by atoms with Crippen molar-refractivity contribution >= 4 is 5.78 Å². The maximum absolute atomic E-state index is 12.6. The highest BCUT2D eigenvalue weighted by Gasteiger charge is 2.22. The van der Waals surface area contributed by atoms with Crippen LogP contribution in [0.25, 0.3) is 0 Å². The van der Waals surface area contributed by atoms with Gasteiger partial charge in [-0.15, -0.1) is 0 Å². The average Bonchev–Trinajstić information content (AvgIpc) is 2.75. The van der Waals surface area contributed by atoms with E-state index in [1.54, 1.807) is 0 Å². The molecule has 0 atom stereocenters. The Balaban J connectivity index is 1.51. The Morgan fingerprint density at radius 3 is 2.07 bits per heavy atom. The van der Waals surface area contributed by atoms with Crippen LogP contribution in [0.5, 0.6) is 0 Å². The zero-order chi connectivity index (χ0) is 19.8. The smallest absolute Gasteiger partial charge is 0.167 e. The van der Waals surface area contributed by atoms with Crippen LogP contribution in [0.15, 0.2) is 48.5 Å². The van der Waals surface area contributed by atoms with E-state index in [1.165, 1.54) is 62.5 Å². The number of ketones is 1. The van der Waals surface area contributed by atoms with Crippen LogP contribution in [0.1, 0.15) is 98.2 Å². The van der Waals surface area contributed by atoms with Crippen molar-refractivity contribution in [3.8, 4) is 0 Å². The fourth-order valence-corrected chi connectivity index (χ4v) is 4.59. The normalized spacial score (nSPS) is 19.5. The van der Waals surface area contributed by atoms with Crippen molar-refractivity contribution in [1.29, 1.82) is 0 Å². The lowest BCUT2D eigenvalue weighted by atomic mass is 9.77. The predicted octanol–water partition coefficient (Wildman–Crippen LogP) is 7.53. The highest BCUT2D eigenvalue weighted by Crippen LogP contribution is 2.37. The van der Waals surface area contributed by atoms with Gasteiger partial charge in [0.2, 0.25) is 0 Å². The minimum Gasteiger partial charge on any atom is -0.294 e. The van der Waals surface area contributed by atoms with Crippen LogP contribution in [0.2, 0.25) is 0 Å². The number of rotatable bonds is 9. The van der Waals surface area contributed by atoms with E-state index in [2.05, 4.69) is 50.2 Å². The predicted molar refractivity (Wildman–Crippen MR) is 119 cm³/mol. The maximum atomic E-state index is 12.6. The summed E-state index contributed by atoms with van der Waals surface area (Å²) in [5.74, 6) is 1.85. The number of aryl methyl sites for hydroxylation is 1. The molecule has 0 unspecified atom stereocenters. The van der Waals surface area contributed by atoms with Gasteiger partial charge in [0.15, 0.2) is 5.78 Å². The second kappa shape index (κ2) is 10.6. The monoisotopic (exact) mass is 376 g/mol. The van der Waals surface area contributed by atoms with E-state index in [9.17, 15) is 4.79 Å². The van der Waals surface area contributed by atoms with Crippen molar-refractivity contribution in [1.82, 2.24) is 0 Å². The summed E-state index contributed by atoms with van der Waals surface area (Å²) in [4.78, 5) is 12.6. The molecule has 0 amide bonds. The Labute approximate surface area is 171 Å². The molecule has 0 bridgehead atoms. The lowest BCUT2D eigenvalue weighted by Gasteiger charge is -2.29. The van der Waals surface area contributed by atoms with Crippen LogP contribution >= 0.6 is 0 Å². The second-order valence-electron chi connectivity index (χ2n) is 8.61. The SMILES string of the molecule is CCCCCC1CCC(c2ccc(C(=O)Cc3ccc(CC)cc3)cc2)CC1. The van der Waals surface area contributed by atoms with Crippen LogP contribution < -0.4 is 0 Å². The van der Waals surface area contributed by atoms with Gasteiger partial charge < -0.3 is 0 Å². The Bertz CT molecular complexity index is 718. The third kappa shape index (κ3) is 5.80. The Hall–Kier alpha value is -1.89. The van der Waals surface area contributed by atoms with Gasteiger partial charge in [0, 0.05) is 12.0 Å². The summed E-state index contributed by atoms with van der Waals surface area (Å²) in [7, 11) is 0. The van der Waals surface area contributed by atoms with Crippen molar-refractivity contribution < 1.29 is 4.79 Å². The van der Waals surface area contributed by atoms with E-state index in [-0.39, 0.29) is 5.78 Å². The van der Waals surface area contributed by atoms with Crippen LogP contribution in [-0.4, -0.2) is 5.78 Å². The topological polar surface area (TPSA) is 17.1 Å². The summed E-state index contributed by atoms with van der Waals surface area (Å²) in [5.41, 5.74) is 4.70. The fourth-order valence-electron chi connectivity index (χ4n) is 4.59. The molecule has 0 spiro atoms. The molecular weight excluding hydrogens is 340 g/mol. The number of carbonyl (C=O) groups is 1. The molecule has 1 aliphatic rings. The molecule has 0 aliphatic heterocycles.